The summed E-state index contributed by atoms with van der Waals surface area (Å²) in [7, 11) is 0. The van der Waals surface area contributed by atoms with E-state index in [9.17, 15) is 9.59 Å². The maximum absolute atomic E-state index is 13.1. The Balaban J connectivity index is 1.36. The van der Waals surface area contributed by atoms with Crippen LogP contribution in [-0.2, 0) is 24.2 Å². The van der Waals surface area contributed by atoms with Gasteiger partial charge in [0, 0.05) is 17.1 Å². The van der Waals surface area contributed by atoms with Gasteiger partial charge in [-0.15, -0.1) is 0 Å². The van der Waals surface area contributed by atoms with Gasteiger partial charge in [0.05, 0.1) is 27.0 Å². The van der Waals surface area contributed by atoms with E-state index in [2.05, 4.69) is 4.98 Å². The number of carbonyl (C=O) groups excluding carboxylic acids is 1. The first kappa shape index (κ1) is 18.2. The molecule has 0 saturated heterocycles. The Morgan fingerprint density at radius 2 is 1.90 bits per heavy atom. The fourth-order valence-electron chi connectivity index (χ4n) is 4.35. The highest BCUT2D eigenvalue weighted by Gasteiger charge is 2.25. The third-order valence-corrected chi connectivity index (χ3v) is 6.74. The van der Waals surface area contributed by atoms with Crippen LogP contribution >= 0.6 is 11.3 Å². The molecule has 0 amide bonds. The lowest BCUT2D eigenvalue weighted by atomic mass is 10.0. The number of nitrogens with zero attached hydrogens (tertiary/aromatic N) is 3. The second kappa shape index (κ2) is 6.99. The summed E-state index contributed by atoms with van der Waals surface area (Å²) in [5.74, 6) is -0.393. The van der Waals surface area contributed by atoms with Gasteiger partial charge < -0.3 is 4.74 Å². The molecule has 7 heteroatoms. The van der Waals surface area contributed by atoms with E-state index < -0.39 is 5.97 Å². The number of ether oxygens (including phenoxy) is 1. The molecular formula is C24H17N3O3S. The number of rotatable bonds is 3. The van der Waals surface area contributed by atoms with Crippen LogP contribution in [0.25, 0.3) is 26.1 Å². The summed E-state index contributed by atoms with van der Waals surface area (Å²) in [6, 6.07) is 16.8. The summed E-state index contributed by atoms with van der Waals surface area (Å²) >= 11 is 1.44. The molecule has 3 heterocycles. The predicted molar refractivity (Wildman–Crippen MR) is 120 cm³/mol. The molecule has 0 aliphatic heterocycles. The Kier molecular flexibility index (Phi) is 4.11. The van der Waals surface area contributed by atoms with Crippen molar-refractivity contribution < 1.29 is 9.53 Å². The molecule has 0 N–H and O–H groups in total. The number of thiazole rings is 1. The maximum Gasteiger partial charge on any atom is 0.339 e. The van der Waals surface area contributed by atoms with Crippen LogP contribution in [0.1, 0.15) is 33.7 Å². The molecule has 0 spiro atoms. The fraction of sp³-hybridized carbons (Fsp3) is 0.167. The second-order valence-corrected chi connectivity index (χ2v) is 8.64. The first-order chi connectivity index (χ1) is 15.2. The van der Waals surface area contributed by atoms with Gasteiger partial charge in [0.1, 0.15) is 6.61 Å². The minimum absolute atomic E-state index is 0.0513. The number of aryl methyl sites for hydroxylation is 1. The van der Waals surface area contributed by atoms with Crippen molar-refractivity contribution in [3.05, 3.63) is 87.5 Å². The summed E-state index contributed by atoms with van der Waals surface area (Å²) in [5.41, 5.74) is 4.47. The van der Waals surface area contributed by atoms with Crippen LogP contribution in [0.3, 0.4) is 0 Å². The molecule has 5 aromatic rings. The zero-order valence-corrected chi connectivity index (χ0v) is 17.3. The van der Waals surface area contributed by atoms with Crippen molar-refractivity contribution in [2.75, 3.05) is 0 Å². The minimum atomic E-state index is -0.393. The normalized spacial score (nSPS) is 13.2. The molecular weight excluding hydrogens is 410 g/mol. The molecule has 6 rings (SSSR count). The van der Waals surface area contributed by atoms with Gasteiger partial charge in [0.25, 0.3) is 5.56 Å². The molecule has 0 radical (unpaired) electrons. The molecule has 1 aliphatic rings. The highest BCUT2D eigenvalue weighted by Crippen LogP contribution is 2.30. The second-order valence-electron chi connectivity index (χ2n) is 7.63. The third-order valence-electron chi connectivity index (χ3n) is 5.72. The van der Waals surface area contributed by atoms with Gasteiger partial charge in [0.2, 0.25) is 0 Å². The average Bonchev–Trinajstić information content (AvgIpc) is 3.39. The van der Waals surface area contributed by atoms with Gasteiger partial charge in [-0.25, -0.2) is 9.78 Å². The van der Waals surface area contributed by atoms with Crippen LogP contribution in [0, 0.1) is 0 Å². The molecule has 0 atom stereocenters. The lowest BCUT2D eigenvalue weighted by Crippen LogP contribution is -2.16. The van der Waals surface area contributed by atoms with Crippen molar-refractivity contribution in [3.63, 3.8) is 0 Å². The van der Waals surface area contributed by atoms with E-state index in [1.54, 1.807) is 4.40 Å². The minimum Gasteiger partial charge on any atom is -0.456 e. The quantitative estimate of drug-likeness (QED) is 0.401. The number of hydrogen-bond acceptors (Lipinski definition) is 6. The summed E-state index contributed by atoms with van der Waals surface area (Å²) in [5, 5.41) is 0.807. The summed E-state index contributed by atoms with van der Waals surface area (Å²) < 4.78 is 8.23. The smallest absolute Gasteiger partial charge is 0.339 e. The molecule has 0 unspecified atom stereocenters. The maximum atomic E-state index is 13.1. The van der Waals surface area contributed by atoms with Gasteiger partial charge >= 0.3 is 5.97 Å². The first-order valence-corrected chi connectivity index (χ1v) is 11.0. The number of carbonyl (C=O) groups is 1. The molecule has 1 aliphatic carbocycles. The number of benzene rings is 2. The Labute approximate surface area is 180 Å². The van der Waals surface area contributed by atoms with Crippen molar-refractivity contribution in [1.29, 1.82) is 0 Å². The monoisotopic (exact) mass is 427 g/mol. The standard InChI is InChI=1S/C24H17N3O3S/c28-21-12-14(25-24-27(21)19-10-3-4-11-20(19)31-24)13-30-23(29)22-15-6-1-2-8-17(15)26-18-9-5-7-16(18)22/h1-4,6,8,10-12H,5,7,9,13H2. The van der Waals surface area contributed by atoms with Crippen LogP contribution in [-0.4, -0.2) is 20.3 Å². The Bertz CT molecular complexity index is 1570. The van der Waals surface area contributed by atoms with Gasteiger partial charge in [-0.05, 0) is 43.0 Å². The number of pyridine rings is 1. The molecule has 0 fully saturated rings. The fourth-order valence-corrected chi connectivity index (χ4v) is 5.40. The molecule has 6 nitrogen and oxygen atoms in total. The van der Waals surface area contributed by atoms with Gasteiger partial charge in [-0.3, -0.25) is 14.2 Å². The first-order valence-electron chi connectivity index (χ1n) is 10.2. The van der Waals surface area contributed by atoms with Crippen molar-refractivity contribution in [2.45, 2.75) is 25.9 Å². The topological polar surface area (TPSA) is 73.6 Å². The van der Waals surface area contributed by atoms with Crippen molar-refractivity contribution >= 4 is 43.4 Å². The molecule has 3 aromatic heterocycles. The summed E-state index contributed by atoms with van der Waals surface area (Å²) in [6.07, 6.45) is 2.69. The highest BCUT2D eigenvalue weighted by molar-refractivity contribution is 7.23. The van der Waals surface area contributed by atoms with Crippen LogP contribution < -0.4 is 5.56 Å². The van der Waals surface area contributed by atoms with E-state index in [-0.39, 0.29) is 12.2 Å². The molecule has 0 bridgehead atoms. The van der Waals surface area contributed by atoms with E-state index in [1.807, 2.05) is 48.5 Å². The Morgan fingerprint density at radius 3 is 2.84 bits per heavy atom. The molecule has 31 heavy (non-hydrogen) atoms. The van der Waals surface area contributed by atoms with Gasteiger partial charge in [0.15, 0.2) is 4.96 Å². The molecule has 152 valence electrons. The van der Waals surface area contributed by atoms with E-state index >= 15 is 0 Å². The Hall–Kier alpha value is -3.58. The lowest BCUT2D eigenvalue weighted by Gasteiger charge is -2.12. The van der Waals surface area contributed by atoms with E-state index in [0.29, 0.717) is 16.2 Å². The molecule has 0 saturated carbocycles. The highest BCUT2D eigenvalue weighted by atomic mass is 32.1. The van der Waals surface area contributed by atoms with Crippen molar-refractivity contribution in [2.24, 2.45) is 0 Å². The van der Waals surface area contributed by atoms with E-state index in [4.69, 9.17) is 9.72 Å². The third kappa shape index (κ3) is 2.92. The number of para-hydroxylation sites is 2. The summed E-state index contributed by atoms with van der Waals surface area (Å²) in [4.78, 5) is 35.7. The lowest BCUT2D eigenvalue weighted by molar-refractivity contribution is 0.0469. The zero-order chi connectivity index (χ0) is 20.9. The van der Waals surface area contributed by atoms with Crippen LogP contribution in [0.2, 0.25) is 0 Å². The molecule has 2 aromatic carbocycles. The zero-order valence-electron chi connectivity index (χ0n) is 16.5. The predicted octanol–water partition coefficient (Wildman–Crippen LogP) is 4.30. The van der Waals surface area contributed by atoms with E-state index in [0.717, 1.165) is 51.6 Å². The van der Waals surface area contributed by atoms with Gasteiger partial charge in [-0.1, -0.05) is 41.7 Å². The number of hydrogen-bond donors (Lipinski definition) is 0. The van der Waals surface area contributed by atoms with Crippen LogP contribution in [0.4, 0.5) is 0 Å². The van der Waals surface area contributed by atoms with Crippen LogP contribution in [0.5, 0.6) is 0 Å². The number of esters is 1. The van der Waals surface area contributed by atoms with E-state index in [1.165, 1.54) is 17.4 Å². The largest absolute Gasteiger partial charge is 0.456 e. The number of fused-ring (bicyclic) bond motifs is 5. The SMILES string of the molecule is O=C(OCc1cc(=O)n2c(n1)sc1ccccc12)c1c2c(nc3ccccc13)CCC2. The van der Waals surface area contributed by atoms with Gasteiger partial charge in [-0.2, -0.15) is 0 Å². The number of aromatic nitrogens is 3. The Morgan fingerprint density at radius 1 is 1.06 bits per heavy atom. The summed E-state index contributed by atoms with van der Waals surface area (Å²) in [6.45, 7) is -0.0513. The average molecular weight is 427 g/mol. The van der Waals surface area contributed by atoms with Crippen molar-refractivity contribution in [3.8, 4) is 0 Å². The van der Waals surface area contributed by atoms with Crippen molar-refractivity contribution in [1.82, 2.24) is 14.4 Å². The van der Waals surface area contributed by atoms with Crippen LogP contribution in [0.15, 0.2) is 59.4 Å².